The van der Waals surface area contributed by atoms with E-state index in [2.05, 4.69) is 19.9 Å². The van der Waals surface area contributed by atoms with Crippen LogP contribution in [-0.2, 0) is 9.78 Å². The highest BCUT2D eigenvalue weighted by molar-refractivity contribution is 5.09. The van der Waals surface area contributed by atoms with E-state index in [4.69, 9.17) is 9.78 Å². The molecule has 0 aliphatic carbocycles. The predicted molar refractivity (Wildman–Crippen MR) is 81.0 cm³/mol. The lowest BCUT2D eigenvalue weighted by Gasteiger charge is -2.23. The van der Waals surface area contributed by atoms with Crippen LogP contribution in [0.3, 0.4) is 0 Å². The van der Waals surface area contributed by atoms with Crippen molar-refractivity contribution >= 4 is 0 Å². The third-order valence-corrected chi connectivity index (χ3v) is 3.90. The van der Waals surface area contributed by atoms with Crippen molar-refractivity contribution in [3.05, 3.63) is 11.6 Å². The van der Waals surface area contributed by atoms with E-state index in [0.717, 1.165) is 6.42 Å². The molecule has 0 radical (unpaired) electrons. The fourth-order valence-electron chi connectivity index (χ4n) is 2.64. The first-order chi connectivity index (χ1) is 9.38. The standard InChI is InChI=1S/C17H32O2/c1-3-5-7-9-11-13-17-16(14-15-18-19-17)12-10-8-6-4-2/h14,17H,3-13,15H2,1-2H3/t17-/m1/s1. The average molecular weight is 268 g/mol. The molecule has 2 heteroatoms. The van der Waals surface area contributed by atoms with Crippen LogP contribution in [0.25, 0.3) is 0 Å². The minimum atomic E-state index is 0.233. The summed E-state index contributed by atoms with van der Waals surface area (Å²) in [4.78, 5) is 10.6. The van der Waals surface area contributed by atoms with Gasteiger partial charge < -0.3 is 0 Å². The Morgan fingerprint density at radius 3 is 2.37 bits per heavy atom. The Balaban J connectivity index is 2.17. The summed E-state index contributed by atoms with van der Waals surface area (Å²) in [6.07, 6.45) is 16.7. The summed E-state index contributed by atoms with van der Waals surface area (Å²) in [5, 5.41) is 0. The lowest BCUT2D eigenvalue weighted by molar-refractivity contribution is -0.317. The van der Waals surface area contributed by atoms with Gasteiger partial charge in [0.15, 0.2) is 0 Å². The van der Waals surface area contributed by atoms with E-state index in [1.54, 1.807) is 0 Å². The smallest absolute Gasteiger partial charge is 0.114 e. The molecular formula is C17H32O2. The van der Waals surface area contributed by atoms with E-state index in [1.165, 1.54) is 69.8 Å². The van der Waals surface area contributed by atoms with Crippen molar-refractivity contribution in [1.82, 2.24) is 0 Å². The van der Waals surface area contributed by atoms with Crippen LogP contribution in [0.4, 0.5) is 0 Å². The van der Waals surface area contributed by atoms with Gasteiger partial charge in [-0.3, -0.25) is 0 Å². The first kappa shape index (κ1) is 16.7. The molecule has 0 saturated heterocycles. The van der Waals surface area contributed by atoms with Crippen molar-refractivity contribution in [3.63, 3.8) is 0 Å². The maximum atomic E-state index is 5.49. The first-order valence-corrected chi connectivity index (χ1v) is 8.35. The van der Waals surface area contributed by atoms with Crippen LogP contribution >= 0.6 is 0 Å². The maximum Gasteiger partial charge on any atom is 0.114 e. The van der Waals surface area contributed by atoms with Gasteiger partial charge in [-0.2, -0.15) is 0 Å². The van der Waals surface area contributed by atoms with Gasteiger partial charge in [-0.1, -0.05) is 71.3 Å². The molecule has 0 bridgehead atoms. The lowest BCUT2D eigenvalue weighted by atomic mass is 9.96. The fraction of sp³-hybridized carbons (Fsp3) is 0.882. The molecule has 0 aromatic heterocycles. The normalized spacial score (nSPS) is 19.5. The fourth-order valence-corrected chi connectivity index (χ4v) is 2.64. The van der Waals surface area contributed by atoms with Gasteiger partial charge in [-0.05, 0) is 24.8 Å². The van der Waals surface area contributed by atoms with Crippen molar-refractivity contribution in [2.75, 3.05) is 6.61 Å². The molecule has 1 aliphatic heterocycles. The van der Waals surface area contributed by atoms with E-state index >= 15 is 0 Å². The van der Waals surface area contributed by atoms with Crippen molar-refractivity contribution in [2.45, 2.75) is 90.6 Å². The zero-order valence-electron chi connectivity index (χ0n) is 13.0. The molecule has 0 fully saturated rings. The molecule has 0 unspecified atom stereocenters. The van der Waals surface area contributed by atoms with Gasteiger partial charge in [-0.25, -0.2) is 9.78 Å². The Hall–Kier alpha value is -0.340. The summed E-state index contributed by atoms with van der Waals surface area (Å²) >= 11 is 0. The van der Waals surface area contributed by atoms with Crippen molar-refractivity contribution in [1.29, 1.82) is 0 Å². The Bertz CT molecular complexity index is 235. The Labute approximate surface area is 119 Å². The Morgan fingerprint density at radius 2 is 1.63 bits per heavy atom. The second-order valence-corrected chi connectivity index (χ2v) is 5.66. The molecule has 1 heterocycles. The van der Waals surface area contributed by atoms with Gasteiger partial charge in [0.25, 0.3) is 0 Å². The van der Waals surface area contributed by atoms with Crippen LogP contribution in [0.5, 0.6) is 0 Å². The van der Waals surface area contributed by atoms with Gasteiger partial charge in [-0.15, -0.1) is 0 Å². The second-order valence-electron chi connectivity index (χ2n) is 5.66. The summed E-state index contributed by atoms with van der Waals surface area (Å²) in [5.74, 6) is 0. The van der Waals surface area contributed by atoms with Gasteiger partial charge in [0.05, 0.1) is 0 Å². The van der Waals surface area contributed by atoms with Crippen LogP contribution in [0.15, 0.2) is 11.6 Å². The van der Waals surface area contributed by atoms with Gasteiger partial charge in [0, 0.05) is 0 Å². The monoisotopic (exact) mass is 268 g/mol. The van der Waals surface area contributed by atoms with Crippen LogP contribution < -0.4 is 0 Å². The summed E-state index contributed by atoms with van der Waals surface area (Å²) < 4.78 is 0. The summed E-state index contributed by atoms with van der Waals surface area (Å²) in [7, 11) is 0. The average Bonchev–Trinajstić information content (AvgIpc) is 2.45. The largest absolute Gasteiger partial charge is 0.232 e. The van der Waals surface area contributed by atoms with Crippen LogP contribution in [0, 0.1) is 0 Å². The minimum absolute atomic E-state index is 0.233. The summed E-state index contributed by atoms with van der Waals surface area (Å²) in [6, 6.07) is 0. The molecule has 0 N–H and O–H groups in total. The second kappa shape index (κ2) is 11.5. The SMILES string of the molecule is CCCCCCC[C@H]1OOCC=C1CCCCCC. The molecule has 2 nitrogen and oxygen atoms in total. The van der Waals surface area contributed by atoms with Gasteiger partial charge >= 0.3 is 0 Å². The van der Waals surface area contributed by atoms with E-state index < -0.39 is 0 Å². The van der Waals surface area contributed by atoms with Crippen molar-refractivity contribution < 1.29 is 9.78 Å². The summed E-state index contributed by atoms with van der Waals surface area (Å²) in [6.45, 7) is 5.15. The highest BCUT2D eigenvalue weighted by atomic mass is 17.2. The quantitative estimate of drug-likeness (QED) is 0.277. The lowest BCUT2D eigenvalue weighted by Crippen LogP contribution is -2.21. The number of hydrogen-bond donors (Lipinski definition) is 0. The van der Waals surface area contributed by atoms with Crippen LogP contribution in [0.1, 0.15) is 84.5 Å². The third kappa shape index (κ3) is 7.74. The van der Waals surface area contributed by atoms with Crippen molar-refractivity contribution in [3.8, 4) is 0 Å². The van der Waals surface area contributed by atoms with Crippen molar-refractivity contribution in [2.24, 2.45) is 0 Å². The molecule has 112 valence electrons. The molecular weight excluding hydrogens is 236 g/mol. The molecule has 0 saturated carbocycles. The first-order valence-electron chi connectivity index (χ1n) is 8.35. The molecule has 0 aromatic carbocycles. The molecule has 1 aliphatic rings. The van der Waals surface area contributed by atoms with E-state index in [1.807, 2.05) is 0 Å². The van der Waals surface area contributed by atoms with E-state index in [9.17, 15) is 0 Å². The molecule has 0 spiro atoms. The highest BCUT2D eigenvalue weighted by Gasteiger charge is 2.18. The number of unbranched alkanes of at least 4 members (excludes halogenated alkanes) is 7. The highest BCUT2D eigenvalue weighted by Crippen LogP contribution is 2.24. The van der Waals surface area contributed by atoms with E-state index in [-0.39, 0.29) is 6.10 Å². The zero-order chi connectivity index (χ0) is 13.8. The summed E-state index contributed by atoms with van der Waals surface area (Å²) in [5.41, 5.74) is 1.48. The molecule has 1 rings (SSSR count). The minimum Gasteiger partial charge on any atom is -0.232 e. The number of rotatable bonds is 11. The molecule has 19 heavy (non-hydrogen) atoms. The van der Waals surface area contributed by atoms with E-state index in [0.29, 0.717) is 6.61 Å². The number of hydrogen-bond acceptors (Lipinski definition) is 2. The molecule has 0 amide bonds. The third-order valence-electron chi connectivity index (χ3n) is 3.90. The Morgan fingerprint density at radius 1 is 0.947 bits per heavy atom. The topological polar surface area (TPSA) is 18.5 Å². The van der Waals surface area contributed by atoms with Crippen LogP contribution in [0.2, 0.25) is 0 Å². The van der Waals surface area contributed by atoms with Gasteiger partial charge in [0.1, 0.15) is 12.7 Å². The zero-order valence-corrected chi connectivity index (χ0v) is 13.0. The maximum absolute atomic E-state index is 5.49. The molecule has 1 atom stereocenters. The molecule has 0 aromatic rings. The van der Waals surface area contributed by atoms with Gasteiger partial charge in [0.2, 0.25) is 0 Å². The predicted octanol–water partition coefficient (Wildman–Crippen LogP) is 5.57. The van der Waals surface area contributed by atoms with Crippen LogP contribution in [-0.4, -0.2) is 12.7 Å². The Kier molecular flexibility index (Phi) is 10.1.